The highest BCUT2D eigenvalue weighted by Crippen LogP contribution is 2.29. The lowest BCUT2D eigenvalue weighted by Crippen LogP contribution is -2.50. The van der Waals surface area contributed by atoms with E-state index in [0.717, 1.165) is 23.4 Å². The molecule has 1 N–H and O–H groups in total. The lowest BCUT2D eigenvalue weighted by atomic mass is 10.2. The Labute approximate surface area is 222 Å². The smallest absolute Gasteiger partial charge is 0.244 e. The number of amides is 1. The van der Waals surface area contributed by atoms with Gasteiger partial charge in [-0.1, -0.05) is 30.1 Å². The van der Waals surface area contributed by atoms with Crippen LogP contribution in [-0.2, 0) is 24.8 Å². The molecular weight excluding hydrogens is 549 g/mol. The van der Waals surface area contributed by atoms with Crippen molar-refractivity contribution in [1.29, 1.82) is 0 Å². The first kappa shape index (κ1) is 28.5. The van der Waals surface area contributed by atoms with Crippen LogP contribution in [0.1, 0.15) is 26.2 Å². The number of hydrogen-bond donors (Lipinski definition) is 1. The second kappa shape index (κ2) is 12.0. The van der Waals surface area contributed by atoms with Crippen molar-refractivity contribution in [1.82, 2.24) is 9.62 Å². The van der Waals surface area contributed by atoms with Gasteiger partial charge < -0.3 is 10.1 Å². The largest absolute Gasteiger partial charge is 0.492 e. The summed E-state index contributed by atoms with van der Waals surface area (Å²) in [5.74, 6) is -0.0577. The zero-order chi connectivity index (χ0) is 26.5. The van der Waals surface area contributed by atoms with Gasteiger partial charge in [-0.15, -0.1) is 0 Å². The molecule has 2 aromatic carbocycles. The van der Waals surface area contributed by atoms with E-state index in [0.29, 0.717) is 18.8 Å². The fraction of sp³-hybridized carbons (Fsp3) is 0.435. The molecular formula is C23H29Cl2N3O6S2. The third-order valence-electron chi connectivity index (χ3n) is 5.63. The van der Waals surface area contributed by atoms with Crippen molar-refractivity contribution in [2.24, 2.45) is 0 Å². The molecule has 0 bridgehead atoms. The van der Waals surface area contributed by atoms with Crippen LogP contribution < -0.4 is 14.4 Å². The van der Waals surface area contributed by atoms with Crippen LogP contribution in [0.2, 0.25) is 10.0 Å². The number of hydrogen-bond acceptors (Lipinski definition) is 6. The predicted octanol–water partition coefficient (Wildman–Crippen LogP) is 3.52. The molecule has 0 unspecified atom stereocenters. The molecule has 1 aliphatic heterocycles. The molecule has 0 aromatic heterocycles. The Morgan fingerprint density at radius 1 is 1.06 bits per heavy atom. The van der Waals surface area contributed by atoms with E-state index in [2.05, 4.69) is 5.32 Å². The van der Waals surface area contributed by atoms with Gasteiger partial charge in [0.2, 0.25) is 26.0 Å². The number of carbonyl (C=O) groups excluding carboxylic acids is 1. The molecule has 36 heavy (non-hydrogen) atoms. The molecule has 1 atom stereocenters. The molecule has 0 saturated carbocycles. The summed E-state index contributed by atoms with van der Waals surface area (Å²) in [5.41, 5.74) is 0.192. The number of halogens is 2. The van der Waals surface area contributed by atoms with E-state index in [9.17, 15) is 21.6 Å². The van der Waals surface area contributed by atoms with Crippen LogP contribution in [0.5, 0.6) is 5.75 Å². The van der Waals surface area contributed by atoms with E-state index in [-0.39, 0.29) is 40.2 Å². The summed E-state index contributed by atoms with van der Waals surface area (Å²) in [4.78, 5) is 13.1. The number of rotatable bonds is 11. The number of benzene rings is 2. The van der Waals surface area contributed by atoms with Crippen LogP contribution in [0.25, 0.3) is 0 Å². The van der Waals surface area contributed by atoms with E-state index in [1.807, 2.05) is 0 Å². The maximum atomic E-state index is 12.9. The first-order chi connectivity index (χ1) is 16.9. The highest BCUT2D eigenvalue weighted by Gasteiger charge is 2.32. The minimum absolute atomic E-state index is 0.0995. The molecule has 1 amide bonds. The van der Waals surface area contributed by atoms with Crippen LogP contribution in [0, 0.1) is 0 Å². The van der Waals surface area contributed by atoms with Gasteiger partial charge in [-0.2, -0.15) is 4.31 Å². The number of nitrogens with one attached hydrogen (secondary N) is 1. The topological polar surface area (TPSA) is 113 Å². The molecule has 1 fully saturated rings. The molecule has 0 aliphatic carbocycles. The minimum Gasteiger partial charge on any atom is -0.492 e. The van der Waals surface area contributed by atoms with Crippen LogP contribution >= 0.6 is 23.2 Å². The Bertz CT molecular complexity index is 1260. The van der Waals surface area contributed by atoms with E-state index in [1.165, 1.54) is 34.6 Å². The van der Waals surface area contributed by atoms with E-state index < -0.39 is 32.0 Å². The Kier molecular flexibility index (Phi) is 9.50. The molecule has 13 heteroatoms. The maximum absolute atomic E-state index is 12.9. The lowest BCUT2D eigenvalue weighted by molar-refractivity contribution is -0.122. The zero-order valence-corrected chi connectivity index (χ0v) is 23.1. The molecule has 3 rings (SSSR count). The van der Waals surface area contributed by atoms with Crippen LogP contribution in [0.4, 0.5) is 5.69 Å². The fourth-order valence-corrected chi connectivity index (χ4v) is 7.20. The zero-order valence-electron chi connectivity index (χ0n) is 20.0. The van der Waals surface area contributed by atoms with Gasteiger partial charge in [0.25, 0.3) is 0 Å². The number of carbonyl (C=O) groups is 1. The summed E-state index contributed by atoms with van der Waals surface area (Å²) >= 11 is 12.1. The second-order valence-electron chi connectivity index (χ2n) is 8.33. The van der Waals surface area contributed by atoms with Crippen molar-refractivity contribution in [3.8, 4) is 5.75 Å². The summed E-state index contributed by atoms with van der Waals surface area (Å²) in [6, 6.07) is 9.43. The maximum Gasteiger partial charge on any atom is 0.244 e. The van der Waals surface area contributed by atoms with Crippen LogP contribution in [-0.4, -0.2) is 65.6 Å². The number of anilines is 1. The SMILES string of the molecule is CC[C@H](C(=O)NCCOc1ccc(S(=O)(=O)N2CCCC2)cc1)N(c1cc(Cl)cc(Cl)c1)S(C)(=O)=O. The van der Waals surface area contributed by atoms with Gasteiger partial charge in [-0.25, -0.2) is 16.8 Å². The van der Waals surface area contributed by atoms with Gasteiger partial charge in [-0.3, -0.25) is 9.10 Å². The van der Waals surface area contributed by atoms with Crippen molar-refractivity contribution in [2.45, 2.75) is 37.1 Å². The molecule has 1 aliphatic rings. The van der Waals surface area contributed by atoms with Gasteiger partial charge in [0, 0.05) is 23.1 Å². The first-order valence-electron chi connectivity index (χ1n) is 11.4. The number of nitrogens with zero attached hydrogens (tertiary/aromatic N) is 2. The molecule has 2 aromatic rings. The first-order valence-corrected chi connectivity index (χ1v) is 15.4. The molecule has 198 valence electrons. The molecule has 0 spiro atoms. The number of ether oxygens (including phenoxy) is 1. The predicted molar refractivity (Wildman–Crippen MR) is 141 cm³/mol. The van der Waals surface area contributed by atoms with Crippen LogP contribution in [0.3, 0.4) is 0 Å². The second-order valence-corrected chi connectivity index (χ2v) is 13.0. The average Bonchev–Trinajstić information content (AvgIpc) is 3.35. The minimum atomic E-state index is -3.83. The average molecular weight is 579 g/mol. The van der Waals surface area contributed by atoms with Crippen LogP contribution in [0.15, 0.2) is 47.4 Å². The number of sulfonamides is 2. The van der Waals surface area contributed by atoms with Gasteiger partial charge in [0.05, 0.1) is 23.4 Å². The normalized spacial score (nSPS) is 15.4. The fourth-order valence-electron chi connectivity index (χ4n) is 3.97. The van der Waals surface area contributed by atoms with Crippen molar-refractivity contribution < 1.29 is 26.4 Å². The highest BCUT2D eigenvalue weighted by molar-refractivity contribution is 7.92. The van der Waals surface area contributed by atoms with Gasteiger partial charge in [0.15, 0.2) is 0 Å². The quantitative estimate of drug-likeness (QED) is 0.409. The van der Waals surface area contributed by atoms with E-state index >= 15 is 0 Å². The summed E-state index contributed by atoms with van der Waals surface area (Å²) in [5, 5.41) is 3.18. The van der Waals surface area contributed by atoms with Crippen molar-refractivity contribution in [2.75, 3.05) is 36.8 Å². The third-order valence-corrected chi connectivity index (χ3v) is 9.16. The molecule has 1 saturated heterocycles. The van der Waals surface area contributed by atoms with Gasteiger partial charge in [-0.05, 0) is 61.7 Å². The lowest BCUT2D eigenvalue weighted by Gasteiger charge is -2.30. The third kappa shape index (κ3) is 7.04. The standard InChI is InChI=1S/C23H29Cl2N3O6S2/c1-3-22(28(35(2,30)31)19-15-17(24)14-18(25)16-19)23(29)26-10-13-34-20-6-8-21(9-7-20)36(32,33)27-11-4-5-12-27/h6-9,14-16,22H,3-5,10-13H2,1-2H3,(H,26,29)/t22-/m1/s1. The molecule has 9 nitrogen and oxygen atoms in total. The van der Waals surface area contributed by atoms with E-state index in [4.69, 9.17) is 27.9 Å². The summed E-state index contributed by atoms with van der Waals surface area (Å²) in [7, 11) is -7.33. The van der Waals surface area contributed by atoms with Crippen molar-refractivity contribution >= 4 is 54.8 Å². The van der Waals surface area contributed by atoms with Gasteiger partial charge >= 0.3 is 0 Å². The Hall–Kier alpha value is -2.05. The summed E-state index contributed by atoms with van der Waals surface area (Å²) in [6.45, 7) is 2.96. The monoisotopic (exact) mass is 577 g/mol. The Balaban J connectivity index is 1.60. The van der Waals surface area contributed by atoms with Gasteiger partial charge in [0.1, 0.15) is 18.4 Å². The Morgan fingerprint density at radius 3 is 2.17 bits per heavy atom. The summed E-state index contributed by atoms with van der Waals surface area (Å²) in [6.07, 6.45) is 2.94. The van der Waals surface area contributed by atoms with E-state index in [1.54, 1.807) is 19.1 Å². The van der Waals surface area contributed by atoms with Crippen molar-refractivity contribution in [3.05, 3.63) is 52.5 Å². The molecule has 0 radical (unpaired) electrons. The summed E-state index contributed by atoms with van der Waals surface area (Å²) < 4.78 is 58.4. The van der Waals surface area contributed by atoms with Crippen molar-refractivity contribution in [3.63, 3.8) is 0 Å². The Morgan fingerprint density at radius 2 is 1.64 bits per heavy atom. The highest BCUT2D eigenvalue weighted by atomic mass is 35.5. The molecule has 1 heterocycles.